The average molecular weight is 359 g/mol. The zero-order valence-electron chi connectivity index (χ0n) is 14.8. The number of rotatable bonds is 4. The van der Waals surface area contributed by atoms with Gasteiger partial charge in [-0.15, -0.1) is 0 Å². The molecule has 0 aromatic carbocycles. The van der Waals surface area contributed by atoms with Crippen molar-refractivity contribution < 1.29 is 0 Å². The molecular formula is C18H23ClN6. The van der Waals surface area contributed by atoms with Gasteiger partial charge in [-0.05, 0) is 31.7 Å². The molecule has 1 atom stereocenters. The molecule has 1 unspecified atom stereocenters. The molecule has 0 spiro atoms. The number of aryl methyl sites for hydroxylation is 1. The van der Waals surface area contributed by atoms with Crippen molar-refractivity contribution in [1.29, 1.82) is 0 Å². The van der Waals surface area contributed by atoms with Gasteiger partial charge in [0.05, 0.1) is 17.3 Å². The van der Waals surface area contributed by atoms with Crippen LogP contribution in [0.2, 0.25) is 5.15 Å². The highest BCUT2D eigenvalue weighted by atomic mass is 35.5. The molecule has 0 amide bonds. The minimum absolute atomic E-state index is 0.204. The van der Waals surface area contributed by atoms with Crippen molar-refractivity contribution in [1.82, 2.24) is 24.7 Å². The number of hydrogen-bond donors (Lipinski definition) is 1. The summed E-state index contributed by atoms with van der Waals surface area (Å²) in [5.41, 5.74) is 4.07. The van der Waals surface area contributed by atoms with Gasteiger partial charge in [-0.25, -0.2) is 9.97 Å². The average Bonchev–Trinajstić information content (AvgIpc) is 3.26. The van der Waals surface area contributed by atoms with E-state index in [-0.39, 0.29) is 6.04 Å². The molecule has 6 nitrogen and oxygen atoms in total. The number of aromatic amines is 1. The van der Waals surface area contributed by atoms with Gasteiger partial charge in [-0.3, -0.25) is 4.68 Å². The fourth-order valence-electron chi connectivity index (χ4n) is 3.81. The third-order valence-corrected chi connectivity index (χ3v) is 5.23. The predicted molar refractivity (Wildman–Crippen MR) is 100 cm³/mol. The first-order chi connectivity index (χ1) is 12.1. The number of hydrogen-bond acceptors (Lipinski definition) is 4. The van der Waals surface area contributed by atoms with Crippen molar-refractivity contribution >= 4 is 28.5 Å². The topological polar surface area (TPSA) is 62.6 Å². The van der Waals surface area contributed by atoms with Crippen LogP contribution in [-0.2, 0) is 6.54 Å². The van der Waals surface area contributed by atoms with E-state index >= 15 is 0 Å². The lowest BCUT2D eigenvalue weighted by Crippen LogP contribution is -2.24. The van der Waals surface area contributed by atoms with Gasteiger partial charge >= 0.3 is 0 Å². The van der Waals surface area contributed by atoms with Crippen molar-refractivity contribution in [3.05, 3.63) is 35.0 Å². The van der Waals surface area contributed by atoms with E-state index in [4.69, 9.17) is 16.7 Å². The lowest BCUT2D eigenvalue weighted by atomic mass is 10.1. The molecule has 1 fully saturated rings. The third kappa shape index (κ3) is 2.78. The van der Waals surface area contributed by atoms with Gasteiger partial charge < -0.3 is 9.88 Å². The molecule has 25 heavy (non-hydrogen) atoms. The van der Waals surface area contributed by atoms with Crippen LogP contribution in [0.1, 0.15) is 44.0 Å². The maximum atomic E-state index is 6.74. The number of aromatic nitrogens is 5. The van der Waals surface area contributed by atoms with Crippen LogP contribution in [0.25, 0.3) is 11.0 Å². The van der Waals surface area contributed by atoms with Crippen molar-refractivity contribution in [3.8, 4) is 0 Å². The summed E-state index contributed by atoms with van der Waals surface area (Å²) < 4.78 is 1.94. The summed E-state index contributed by atoms with van der Waals surface area (Å²) in [6.45, 7) is 8.20. The molecule has 4 heterocycles. The number of fused-ring (bicyclic) bond motifs is 1. The third-order valence-electron chi connectivity index (χ3n) is 4.83. The Balaban J connectivity index is 1.76. The van der Waals surface area contributed by atoms with E-state index in [2.05, 4.69) is 40.6 Å². The smallest absolute Gasteiger partial charge is 0.156 e. The minimum Gasteiger partial charge on any atom is -0.357 e. The van der Waals surface area contributed by atoms with Crippen LogP contribution >= 0.6 is 11.6 Å². The van der Waals surface area contributed by atoms with Crippen LogP contribution in [0.3, 0.4) is 0 Å². The first-order valence-electron chi connectivity index (χ1n) is 8.83. The Hall–Kier alpha value is -2.08. The highest BCUT2D eigenvalue weighted by molar-refractivity contribution is 6.30. The monoisotopic (exact) mass is 358 g/mol. The van der Waals surface area contributed by atoms with Crippen LogP contribution in [0.15, 0.2) is 18.6 Å². The molecule has 4 rings (SSSR count). The van der Waals surface area contributed by atoms with Gasteiger partial charge in [0.2, 0.25) is 0 Å². The van der Waals surface area contributed by atoms with Gasteiger partial charge in [0.15, 0.2) is 5.82 Å². The second-order valence-electron chi connectivity index (χ2n) is 7.15. The molecule has 1 N–H and O–H groups in total. The van der Waals surface area contributed by atoms with Crippen molar-refractivity contribution in [2.75, 3.05) is 11.4 Å². The highest BCUT2D eigenvalue weighted by Crippen LogP contribution is 2.41. The molecule has 7 heteroatoms. The van der Waals surface area contributed by atoms with E-state index in [9.17, 15) is 0 Å². The molecule has 0 saturated carbocycles. The molecule has 1 saturated heterocycles. The van der Waals surface area contributed by atoms with E-state index < -0.39 is 0 Å². The molecule has 0 radical (unpaired) electrons. The Morgan fingerprint density at radius 2 is 2.20 bits per heavy atom. The summed E-state index contributed by atoms with van der Waals surface area (Å²) in [7, 11) is 0. The Bertz CT molecular complexity index is 896. The maximum Gasteiger partial charge on any atom is 0.156 e. The largest absolute Gasteiger partial charge is 0.357 e. The summed E-state index contributed by atoms with van der Waals surface area (Å²) in [4.78, 5) is 14.5. The number of nitrogens with zero attached hydrogens (tertiary/aromatic N) is 5. The zero-order chi connectivity index (χ0) is 17.6. The number of nitrogens with one attached hydrogen (secondary N) is 1. The first-order valence-corrected chi connectivity index (χ1v) is 9.21. The quantitative estimate of drug-likeness (QED) is 0.762. The molecular weight excluding hydrogens is 336 g/mol. The lowest BCUT2D eigenvalue weighted by molar-refractivity contribution is 0.481. The van der Waals surface area contributed by atoms with Crippen LogP contribution < -0.4 is 4.90 Å². The normalized spacial score (nSPS) is 18.0. The molecule has 1 aliphatic rings. The maximum absolute atomic E-state index is 6.74. The van der Waals surface area contributed by atoms with E-state index in [0.29, 0.717) is 5.92 Å². The van der Waals surface area contributed by atoms with Crippen molar-refractivity contribution in [2.45, 2.75) is 46.2 Å². The van der Waals surface area contributed by atoms with Gasteiger partial charge in [-0.2, -0.15) is 5.10 Å². The molecule has 0 aliphatic carbocycles. The van der Waals surface area contributed by atoms with Gasteiger partial charge in [0.25, 0.3) is 0 Å². The SMILES string of the molecule is Cc1nn(CC(C)C)c(Cl)c1C1CCCN1c1ncnc2cc[nH]c12. The van der Waals surface area contributed by atoms with E-state index in [1.807, 2.05) is 16.9 Å². The van der Waals surface area contributed by atoms with Crippen LogP contribution in [0.4, 0.5) is 5.82 Å². The number of halogens is 1. The Labute approximate surface area is 152 Å². The molecule has 0 bridgehead atoms. The van der Waals surface area contributed by atoms with Crippen molar-refractivity contribution in [2.24, 2.45) is 5.92 Å². The molecule has 1 aliphatic heterocycles. The Kier molecular flexibility index (Phi) is 4.15. The van der Waals surface area contributed by atoms with Crippen LogP contribution in [0.5, 0.6) is 0 Å². The van der Waals surface area contributed by atoms with Gasteiger partial charge in [0.1, 0.15) is 17.0 Å². The van der Waals surface area contributed by atoms with Crippen LogP contribution in [0, 0.1) is 12.8 Å². The number of H-pyrrole nitrogens is 1. The molecule has 132 valence electrons. The second kappa shape index (κ2) is 6.33. The molecule has 3 aromatic heterocycles. The number of anilines is 1. The summed E-state index contributed by atoms with van der Waals surface area (Å²) >= 11 is 6.74. The molecule has 3 aromatic rings. The Morgan fingerprint density at radius 3 is 3.00 bits per heavy atom. The predicted octanol–water partition coefficient (Wildman–Crippen LogP) is 4.11. The van der Waals surface area contributed by atoms with E-state index in [0.717, 1.165) is 59.2 Å². The minimum atomic E-state index is 0.204. The van der Waals surface area contributed by atoms with Gasteiger partial charge in [0, 0.05) is 24.8 Å². The highest BCUT2D eigenvalue weighted by Gasteiger charge is 2.33. The summed E-state index contributed by atoms with van der Waals surface area (Å²) in [5.74, 6) is 1.45. The zero-order valence-corrected chi connectivity index (χ0v) is 15.6. The first kappa shape index (κ1) is 16.4. The fourth-order valence-corrected chi connectivity index (χ4v) is 4.18. The Morgan fingerprint density at radius 1 is 1.36 bits per heavy atom. The van der Waals surface area contributed by atoms with Crippen molar-refractivity contribution in [3.63, 3.8) is 0 Å². The second-order valence-corrected chi connectivity index (χ2v) is 7.51. The standard InChI is InChI=1S/C18H23ClN6/c1-11(2)9-25-17(19)15(12(3)23-25)14-5-4-8-24(14)18-16-13(6-7-20-16)21-10-22-18/h6-7,10-11,14,20H,4-5,8-9H2,1-3H3. The fraction of sp³-hybridized carbons (Fsp3) is 0.500. The van der Waals surface area contributed by atoms with E-state index in [1.165, 1.54) is 0 Å². The summed E-state index contributed by atoms with van der Waals surface area (Å²) in [6, 6.07) is 2.18. The van der Waals surface area contributed by atoms with Gasteiger partial charge in [-0.1, -0.05) is 25.4 Å². The summed E-state index contributed by atoms with van der Waals surface area (Å²) in [5, 5.41) is 5.46. The summed E-state index contributed by atoms with van der Waals surface area (Å²) in [6.07, 6.45) is 5.71. The van der Waals surface area contributed by atoms with E-state index in [1.54, 1.807) is 6.33 Å². The lowest BCUT2D eigenvalue weighted by Gasteiger charge is -2.26. The van der Waals surface area contributed by atoms with Crippen LogP contribution in [-0.4, -0.2) is 31.3 Å².